The van der Waals surface area contributed by atoms with Crippen molar-refractivity contribution in [2.45, 2.75) is 64.3 Å². The van der Waals surface area contributed by atoms with Crippen LogP contribution in [0.25, 0.3) is 32.9 Å². The molecule has 3 aromatic carbocycles. The van der Waals surface area contributed by atoms with Crippen LogP contribution in [0.2, 0.25) is 0 Å². The molecule has 224 valence electrons. The lowest BCUT2D eigenvalue weighted by Crippen LogP contribution is -2.25. The highest BCUT2D eigenvalue weighted by molar-refractivity contribution is 6.13. The van der Waals surface area contributed by atoms with Gasteiger partial charge in [-0.25, -0.2) is 8.78 Å². The van der Waals surface area contributed by atoms with Crippen molar-refractivity contribution in [3.8, 4) is 11.1 Å². The van der Waals surface area contributed by atoms with Gasteiger partial charge in [0.2, 0.25) is 0 Å². The van der Waals surface area contributed by atoms with E-state index in [2.05, 4.69) is 0 Å². The monoisotopic (exact) mass is 588 g/mol. The number of benzene rings is 3. The smallest absolute Gasteiger partial charge is 0.305 e. The molecule has 0 saturated carbocycles. The fourth-order valence-corrected chi connectivity index (χ4v) is 5.99. The van der Waals surface area contributed by atoms with Gasteiger partial charge in [-0.05, 0) is 62.9 Å². The van der Waals surface area contributed by atoms with Crippen LogP contribution in [-0.2, 0) is 17.8 Å². The fraction of sp³-hybridized carbons (Fsp3) is 0.294. The number of carbonyl (C=O) groups is 1. The van der Waals surface area contributed by atoms with Crippen LogP contribution in [0.1, 0.15) is 50.4 Å². The molecule has 5 rings (SSSR count). The molecule has 0 aliphatic heterocycles. The Kier molecular flexibility index (Phi) is 8.75. The Morgan fingerprint density at radius 3 is 2.26 bits per heavy atom. The van der Waals surface area contributed by atoms with Crippen LogP contribution in [0.5, 0.6) is 0 Å². The van der Waals surface area contributed by atoms with Crippen LogP contribution in [0.15, 0.2) is 77.6 Å². The lowest BCUT2D eigenvalue weighted by Gasteiger charge is -2.19. The van der Waals surface area contributed by atoms with E-state index >= 15 is 0 Å². The number of nitrogens with zero attached hydrogens (tertiary/aromatic N) is 2. The normalized spacial score (nSPS) is 13.2. The number of carboxylic acid groups (broad SMARTS) is 1. The molecule has 0 aliphatic carbocycles. The first-order chi connectivity index (χ1) is 20.6. The molecule has 0 unspecified atom stereocenters. The molecule has 43 heavy (non-hydrogen) atoms. The van der Waals surface area contributed by atoms with Crippen molar-refractivity contribution in [2.24, 2.45) is 0 Å². The van der Waals surface area contributed by atoms with E-state index in [1.807, 2.05) is 42.7 Å². The first-order valence-corrected chi connectivity index (χ1v) is 14.3. The van der Waals surface area contributed by atoms with Crippen LogP contribution in [0.3, 0.4) is 0 Å². The molecule has 2 aromatic heterocycles. The molecule has 5 aromatic rings. The quantitative estimate of drug-likeness (QED) is 0.174. The lowest BCUT2D eigenvalue weighted by molar-refractivity contribution is -0.139. The first-order valence-electron chi connectivity index (χ1n) is 14.3. The molecule has 0 spiro atoms. The minimum absolute atomic E-state index is 0.0205. The zero-order valence-corrected chi connectivity index (χ0v) is 24.0. The third-order valence-corrected chi connectivity index (χ3v) is 7.82. The molecular formula is C34H34F2N2O5. The average molecular weight is 589 g/mol. The van der Waals surface area contributed by atoms with Gasteiger partial charge in [-0.15, -0.1) is 0 Å². The van der Waals surface area contributed by atoms with Gasteiger partial charge in [0.15, 0.2) is 0 Å². The fourth-order valence-electron chi connectivity index (χ4n) is 5.99. The standard InChI is InChI=1S/C34H34F2N2O5/c1-20(2)38-29(16-15-24(39)17-25(40)18-30(41)42)31(21-11-13-23(35)14-12-21)32-26-8-4-6-10-28(26)37(34(43)33(32)38)19-22-7-3-5-9-27(22)36/h3-14,20,24-25,39-40H,15-19H2,1-2H3,(H,41,42)/t24-,25-/m1/s1. The highest BCUT2D eigenvalue weighted by Crippen LogP contribution is 2.40. The Morgan fingerprint density at radius 2 is 1.58 bits per heavy atom. The summed E-state index contributed by atoms with van der Waals surface area (Å²) in [5.74, 6) is -1.97. The van der Waals surface area contributed by atoms with Gasteiger partial charge in [-0.1, -0.05) is 48.5 Å². The highest BCUT2D eigenvalue weighted by atomic mass is 19.1. The number of hydrogen-bond acceptors (Lipinski definition) is 4. The van der Waals surface area contributed by atoms with Gasteiger partial charge in [0.05, 0.1) is 30.7 Å². The summed E-state index contributed by atoms with van der Waals surface area (Å²) in [5, 5.41) is 31.3. The van der Waals surface area contributed by atoms with Crippen LogP contribution in [0.4, 0.5) is 8.78 Å². The van der Waals surface area contributed by atoms with Crippen molar-refractivity contribution in [1.82, 2.24) is 9.13 Å². The SMILES string of the molecule is CC(C)n1c(CC[C@@H](O)C[C@@H](O)CC(=O)O)c(-c2ccc(F)cc2)c2c3ccccc3n(Cc3ccccc3F)c(=O)c21. The summed E-state index contributed by atoms with van der Waals surface area (Å²) < 4.78 is 32.3. The molecule has 9 heteroatoms. The highest BCUT2D eigenvalue weighted by Gasteiger charge is 2.27. The number of pyridine rings is 1. The van der Waals surface area contributed by atoms with Gasteiger partial charge < -0.3 is 24.5 Å². The number of aromatic nitrogens is 2. The number of fused-ring (bicyclic) bond motifs is 3. The summed E-state index contributed by atoms with van der Waals surface area (Å²) in [7, 11) is 0. The molecule has 7 nitrogen and oxygen atoms in total. The van der Waals surface area contributed by atoms with Gasteiger partial charge in [0.1, 0.15) is 17.2 Å². The van der Waals surface area contributed by atoms with Crippen LogP contribution in [0, 0.1) is 11.6 Å². The predicted octanol–water partition coefficient (Wildman–Crippen LogP) is 6.05. The summed E-state index contributed by atoms with van der Waals surface area (Å²) in [6.07, 6.45) is -2.30. The summed E-state index contributed by atoms with van der Waals surface area (Å²) >= 11 is 0. The molecule has 2 atom stereocenters. The van der Waals surface area contributed by atoms with E-state index in [4.69, 9.17) is 5.11 Å². The number of aliphatic carboxylic acids is 1. The van der Waals surface area contributed by atoms with E-state index in [1.165, 1.54) is 18.2 Å². The van der Waals surface area contributed by atoms with E-state index in [1.54, 1.807) is 34.9 Å². The topological polar surface area (TPSA) is 105 Å². The maximum Gasteiger partial charge on any atom is 0.305 e. The molecule has 0 saturated heterocycles. The average Bonchev–Trinajstić information content (AvgIpc) is 3.31. The minimum Gasteiger partial charge on any atom is -0.481 e. The van der Waals surface area contributed by atoms with E-state index < -0.39 is 36.2 Å². The summed E-state index contributed by atoms with van der Waals surface area (Å²) in [6, 6.07) is 19.6. The van der Waals surface area contributed by atoms with Gasteiger partial charge in [-0.3, -0.25) is 9.59 Å². The van der Waals surface area contributed by atoms with Crippen LogP contribution >= 0.6 is 0 Å². The molecule has 0 radical (unpaired) electrons. The third kappa shape index (κ3) is 6.09. The Hall–Kier alpha value is -4.34. The van der Waals surface area contributed by atoms with Crippen LogP contribution in [-0.4, -0.2) is 42.6 Å². The second kappa shape index (κ2) is 12.5. The predicted molar refractivity (Wildman–Crippen MR) is 162 cm³/mol. The van der Waals surface area contributed by atoms with Crippen molar-refractivity contribution >= 4 is 27.8 Å². The Balaban J connectivity index is 1.76. The molecule has 0 fully saturated rings. The van der Waals surface area contributed by atoms with E-state index in [0.29, 0.717) is 34.0 Å². The molecule has 3 N–H and O–H groups in total. The number of para-hydroxylation sites is 1. The number of aliphatic hydroxyl groups excluding tert-OH is 2. The maximum atomic E-state index is 14.8. The molecule has 0 aliphatic rings. The Bertz CT molecular complexity index is 1840. The number of carboxylic acids is 1. The molecular weight excluding hydrogens is 554 g/mol. The Morgan fingerprint density at radius 1 is 0.907 bits per heavy atom. The van der Waals surface area contributed by atoms with E-state index in [9.17, 15) is 28.6 Å². The van der Waals surface area contributed by atoms with E-state index in [0.717, 1.165) is 16.6 Å². The largest absolute Gasteiger partial charge is 0.481 e. The first kappa shape index (κ1) is 30.1. The second-order valence-electron chi connectivity index (χ2n) is 11.2. The van der Waals surface area contributed by atoms with Crippen molar-refractivity contribution < 1.29 is 28.9 Å². The number of halogens is 2. The molecule has 2 heterocycles. The summed E-state index contributed by atoms with van der Waals surface area (Å²) in [4.78, 5) is 25.4. The molecule has 0 bridgehead atoms. The Labute approximate surface area is 247 Å². The molecule has 0 amide bonds. The van der Waals surface area contributed by atoms with Gasteiger partial charge in [0, 0.05) is 33.6 Å². The van der Waals surface area contributed by atoms with Gasteiger partial charge in [-0.2, -0.15) is 0 Å². The van der Waals surface area contributed by atoms with Crippen LogP contribution < -0.4 is 5.56 Å². The number of hydrogen-bond donors (Lipinski definition) is 3. The van der Waals surface area contributed by atoms with Gasteiger partial charge >= 0.3 is 5.97 Å². The zero-order valence-electron chi connectivity index (χ0n) is 24.0. The summed E-state index contributed by atoms with van der Waals surface area (Å²) in [6.45, 7) is 3.91. The zero-order chi connectivity index (χ0) is 30.8. The van der Waals surface area contributed by atoms with Crippen molar-refractivity contribution in [2.75, 3.05) is 0 Å². The van der Waals surface area contributed by atoms with Gasteiger partial charge in [0.25, 0.3) is 5.56 Å². The third-order valence-electron chi connectivity index (χ3n) is 7.82. The van der Waals surface area contributed by atoms with Crippen molar-refractivity contribution in [3.05, 3.63) is 106 Å². The number of rotatable bonds is 11. The summed E-state index contributed by atoms with van der Waals surface area (Å²) in [5.41, 5.74) is 3.27. The second-order valence-corrected chi connectivity index (χ2v) is 11.2. The minimum atomic E-state index is -1.20. The van der Waals surface area contributed by atoms with Crippen molar-refractivity contribution in [1.29, 1.82) is 0 Å². The van der Waals surface area contributed by atoms with E-state index in [-0.39, 0.29) is 31.0 Å². The number of aliphatic hydroxyl groups is 2. The maximum absolute atomic E-state index is 14.8. The lowest BCUT2D eigenvalue weighted by atomic mass is 9.96. The van der Waals surface area contributed by atoms with Crippen molar-refractivity contribution in [3.63, 3.8) is 0 Å².